The SMILES string of the molecule is c1ccc(-c2cc(-c3ccc(-n4c5ccccc5c5ccc(-c6ccc7c8ccccc8n(-c8ccc9c%10ccccc%10c%10ccccc%10c9c8)c7c6)cc54)cc3)nc(-c3ccccc3)n2)cc1.c1ccc(-c2cc(-c3ccc(-n4c5ccccc5c5ccc(-c6ccc7c8ccccc8n(-c8cccc9ccccc89)c7c6)cc54)cc3)nc(-c3ccccc3)n2)cc1. The molecule has 0 bridgehead atoms. The summed E-state index contributed by atoms with van der Waals surface area (Å²) < 4.78 is 9.70. The second-order valence-corrected chi connectivity index (χ2v) is 33.1. The van der Waals surface area contributed by atoms with E-state index in [4.69, 9.17) is 19.9 Å². The first kappa shape index (κ1) is 73.5. The molecule has 8 heteroatoms. The van der Waals surface area contributed by atoms with Gasteiger partial charge in [-0.1, -0.05) is 358 Å². The third kappa shape index (κ3) is 12.4. The number of para-hydroxylation sites is 4. The molecule has 0 radical (unpaired) electrons. The van der Waals surface area contributed by atoms with Gasteiger partial charge in [0.25, 0.3) is 0 Å². The summed E-state index contributed by atoms with van der Waals surface area (Å²) in [5.74, 6) is 1.42. The number of benzene rings is 20. The van der Waals surface area contributed by atoms with E-state index in [1.54, 1.807) is 0 Å². The molecule has 0 aliphatic carbocycles. The molecule has 0 aliphatic rings. The van der Waals surface area contributed by atoms with Crippen molar-refractivity contribution in [2.45, 2.75) is 0 Å². The lowest BCUT2D eigenvalue weighted by Gasteiger charge is -2.14. The molecule has 0 amide bonds. The van der Waals surface area contributed by atoms with Crippen molar-refractivity contribution in [2.75, 3.05) is 0 Å². The van der Waals surface area contributed by atoms with Crippen molar-refractivity contribution < 1.29 is 0 Å². The van der Waals surface area contributed by atoms with Gasteiger partial charge in [-0.05, 0) is 163 Å². The van der Waals surface area contributed by atoms with Crippen LogP contribution in [0.1, 0.15) is 0 Å². The highest BCUT2D eigenvalue weighted by molar-refractivity contribution is 6.26. The van der Waals surface area contributed by atoms with E-state index >= 15 is 0 Å². The van der Waals surface area contributed by atoms with Gasteiger partial charge >= 0.3 is 0 Å². The summed E-state index contributed by atoms with van der Waals surface area (Å²) >= 11 is 0. The minimum atomic E-state index is 0.708. The Morgan fingerprint density at radius 1 is 0.133 bits per heavy atom. The zero-order valence-electron chi connectivity index (χ0n) is 69.5. The Labute approximate surface area is 737 Å². The van der Waals surface area contributed by atoms with Crippen LogP contribution in [0.15, 0.2) is 461 Å². The maximum atomic E-state index is 5.11. The van der Waals surface area contributed by atoms with E-state index in [1.165, 1.54) is 142 Å². The van der Waals surface area contributed by atoms with Gasteiger partial charge in [0, 0.05) is 98.9 Å². The lowest BCUT2D eigenvalue weighted by atomic mass is 9.94. The van der Waals surface area contributed by atoms with Gasteiger partial charge in [-0.25, -0.2) is 19.9 Å². The van der Waals surface area contributed by atoms with Gasteiger partial charge in [0.05, 0.1) is 72.6 Å². The predicted octanol–water partition coefficient (Wildman–Crippen LogP) is 31.3. The average Bonchev–Trinajstić information content (AvgIpc) is 1.58. The van der Waals surface area contributed by atoms with Crippen molar-refractivity contribution in [1.29, 1.82) is 0 Å². The van der Waals surface area contributed by atoms with Crippen LogP contribution in [0.5, 0.6) is 0 Å². The van der Waals surface area contributed by atoms with Crippen LogP contribution in [0.3, 0.4) is 0 Å². The Hall–Kier alpha value is -17.2. The molecular weight excluding hydrogens is 1550 g/mol. The molecule has 128 heavy (non-hydrogen) atoms. The molecule has 0 aliphatic heterocycles. The first-order valence-electron chi connectivity index (χ1n) is 43.6. The fourth-order valence-electron chi connectivity index (χ4n) is 19.8. The van der Waals surface area contributed by atoms with Crippen LogP contribution in [0.25, 0.3) is 243 Å². The lowest BCUT2D eigenvalue weighted by Crippen LogP contribution is -1.97. The van der Waals surface area contributed by atoms with Crippen LogP contribution in [-0.4, -0.2) is 38.2 Å². The van der Waals surface area contributed by atoms with Crippen LogP contribution in [0.4, 0.5) is 0 Å². The molecule has 596 valence electrons. The third-order valence-corrected chi connectivity index (χ3v) is 25.9. The highest BCUT2D eigenvalue weighted by atomic mass is 15.0. The van der Waals surface area contributed by atoms with Crippen molar-refractivity contribution >= 4 is 130 Å². The zero-order chi connectivity index (χ0) is 84.3. The highest BCUT2D eigenvalue weighted by Gasteiger charge is 2.23. The largest absolute Gasteiger partial charge is 0.309 e. The van der Waals surface area contributed by atoms with Crippen LogP contribution >= 0.6 is 0 Å². The molecule has 26 rings (SSSR count). The minimum Gasteiger partial charge on any atom is -0.309 e. The third-order valence-electron chi connectivity index (χ3n) is 25.9. The molecule has 0 saturated heterocycles. The fourth-order valence-corrected chi connectivity index (χ4v) is 19.8. The summed E-state index contributed by atoms with van der Waals surface area (Å²) in [5.41, 5.74) is 28.3. The van der Waals surface area contributed by atoms with E-state index in [2.05, 4.69) is 431 Å². The molecule has 6 aromatic heterocycles. The number of nitrogens with zero attached hydrogens (tertiary/aromatic N) is 8. The number of hydrogen-bond donors (Lipinski definition) is 0. The molecule has 0 atom stereocenters. The first-order chi connectivity index (χ1) is 63.5. The average molecular weight is 1630 g/mol. The molecule has 0 N–H and O–H groups in total. The maximum Gasteiger partial charge on any atom is 0.160 e. The molecule has 0 saturated carbocycles. The van der Waals surface area contributed by atoms with E-state index in [0.717, 1.165) is 89.8 Å². The zero-order valence-corrected chi connectivity index (χ0v) is 69.5. The predicted molar refractivity (Wildman–Crippen MR) is 535 cm³/mol. The van der Waals surface area contributed by atoms with Crippen molar-refractivity contribution in [3.05, 3.63) is 461 Å². The highest BCUT2D eigenvalue weighted by Crippen LogP contribution is 2.45. The van der Waals surface area contributed by atoms with Crippen molar-refractivity contribution in [3.63, 3.8) is 0 Å². The minimum absolute atomic E-state index is 0.708. The monoisotopic (exact) mass is 1630 g/mol. The number of fused-ring (bicyclic) bond motifs is 19. The van der Waals surface area contributed by atoms with Gasteiger partial charge < -0.3 is 18.3 Å². The van der Waals surface area contributed by atoms with Gasteiger partial charge in [-0.15, -0.1) is 0 Å². The Morgan fingerprint density at radius 2 is 0.383 bits per heavy atom. The van der Waals surface area contributed by atoms with Crippen LogP contribution in [0, 0.1) is 0 Å². The number of hydrogen-bond acceptors (Lipinski definition) is 4. The van der Waals surface area contributed by atoms with Crippen molar-refractivity contribution in [3.8, 4) is 113 Å². The summed E-state index contributed by atoms with van der Waals surface area (Å²) in [6.07, 6.45) is 0. The number of rotatable bonds is 12. The number of aromatic nitrogens is 8. The van der Waals surface area contributed by atoms with Crippen molar-refractivity contribution in [1.82, 2.24) is 38.2 Å². The van der Waals surface area contributed by atoms with Gasteiger partial charge in [0.15, 0.2) is 11.6 Å². The van der Waals surface area contributed by atoms with Crippen LogP contribution < -0.4 is 0 Å². The summed E-state index contributed by atoms with van der Waals surface area (Å²) in [4.78, 5) is 20.2. The summed E-state index contributed by atoms with van der Waals surface area (Å²) in [6, 6.07) is 166. The van der Waals surface area contributed by atoms with E-state index < -0.39 is 0 Å². The molecule has 8 nitrogen and oxygen atoms in total. The van der Waals surface area contributed by atoms with Gasteiger partial charge in [0.2, 0.25) is 0 Å². The van der Waals surface area contributed by atoms with Crippen LogP contribution in [-0.2, 0) is 0 Å². The Morgan fingerprint density at radius 3 is 0.766 bits per heavy atom. The molecule has 0 unspecified atom stereocenters. The normalized spacial score (nSPS) is 11.8. The second-order valence-electron chi connectivity index (χ2n) is 33.1. The van der Waals surface area contributed by atoms with Crippen LogP contribution in [0.2, 0.25) is 0 Å². The quantitative estimate of drug-likeness (QED) is 0.114. The molecular formula is C120H76N8. The summed E-state index contributed by atoms with van der Waals surface area (Å²) in [5, 5.41) is 20.0. The Kier molecular flexibility index (Phi) is 17.5. The Bertz CT molecular complexity index is 8760. The second kappa shape index (κ2) is 30.4. The molecule has 0 fully saturated rings. The standard InChI is InChI=1S/C64H40N4.C56H36N4/c1-3-15-41(16-4-1)58-40-59(66-64(65-58)43-17-5-2-6-18-43)42-27-31-46(32-28-42)67-60-25-13-11-23-53(60)55-34-29-44(37-62(55)67)45-30-35-56-54-24-12-14-26-61(54)68(63(56)38-45)47-33-36-52-50-21-8-7-19-48(50)49-20-9-10-22-51(49)57(52)39-47;1-3-15-38(16-4-1)49-36-50(58-56(57-49)40-17-5-2-6-18-40)39-26-30-43(31-27-39)59-52-23-11-9-21-45(52)47-32-28-41(34-54(47)59)42-29-33-48-46-22-10-12-24-53(46)60(55(48)35-42)51-25-13-19-37-14-7-8-20-44(37)51/h1-40H;1-36H. The lowest BCUT2D eigenvalue weighted by molar-refractivity contribution is 1.17. The van der Waals surface area contributed by atoms with Gasteiger partial charge in [-0.2, -0.15) is 0 Å². The molecule has 26 aromatic rings. The fraction of sp³-hybridized carbons (Fsp3) is 0. The summed E-state index contributed by atoms with van der Waals surface area (Å²) in [6.45, 7) is 0. The van der Waals surface area contributed by atoms with Gasteiger partial charge in [-0.3, -0.25) is 0 Å². The van der Waals surface area contributed by atoms with E-state index in [1.807, 2.05) is 48.5 Å². The first-order valence-corrected chi connectivity index (χ1v) is 43.6. The maximum absolute atomic E-state index is 5.11. The summed E-state index contributed by atoms with van der Waals surface area (Å²) in [7, 11) is 0. The van der Waals surface area contributed by atoms with E-state index in [0.29, 0.717) is 11.6 Å². The van der Waals surface area contributed by atoms with Crippen molar-refractivity contribution in [2.24, 2.45) is 0 Å². The molecule has 6 heterocycles. The smallest absolute Gasteiger partial charge is 0.160 e. The van der Waals surface area contributed by atoms with E-state index in [9.17, 15) is 0 Å². The van der Waals surface area contributed by atoms with Gasteiger partial charge in [0.1, 0.15) is 0 Å². The topological polar surface area (TPSA) is 71.3 Å². The Balaban J connectivity index is 0.000000140. The van der Waals surface area contributed by atoms with E-state index in [-0.39, 0.29) is 0 Å². The molecule has 20 aromatic carbocycles. The molecule has 0 spiro atoms.